The number of β-lactam (4-membered cyclic amide) rings is 1. The molecule has 3 aromatic rings. The zero-order valence-electron chi connectivity index (χ0n) is 19.2. The largest absolute Gasteiger partial charge is 0.390 e. The van der Waals surface area contributed by atoms with E-state index in [0.29, 0.717) is 54.6 Å². The summed E-state index contributed by atoms with van der Waals surface area (Å²) in [6.07, 6.45) is 1.31. The molecule has 2 saturated heterocycles. The molecule has 2 aliphatic heterocycles. The highest BCUT2D eigenvalue weighted by Gasteiger charge is 2.48. The average molecular weight is 489 g/mol. The number of hydrogen-bond acceptors (Lipinski definition) is 7. The first-order valence-corrected chi connectivity index (χ1v) is 12.2. The molecular formula is C25H24N6O3S. The molecule has 1 aromatic carbocycles. The Morgan fingerprint density at radius 1 is 1.26 bits per heavy atom. The third kappa shape index (κ3) is 4.36. The zero-order chi connectivity index (χ0) is 24.6. The second kappa shape index (κ2) is 9.09. The van der Waals surface area contributed by atoms with Gasteiger partial charge in [0, 0.05) is 30.9 Å². The maximum Gasteiger partial charge on any atom is 0.323 e. The molecule has 0 bridgehead atoms. The molecule has 0 aliphatic carbocycles. The fourth-order valence-electron chi connectivity index (χ4n) is 4.57. The topological polar surface area (TPSA) is 131 Å². The molecule has 3 amide bonds. The Hall–Kier alpha value is -3.81. The molecule has 5 rings (SSSR count). The molecule has 9 nitrogen and oxygen atoms in total. The van der Waals surface area contributed by atoms with Crippen LogP contribution in [0.1, 0.15) is 29.8 Å². The van der Waals surface area contributed by atoms with Gasteiger partial charge in [0.25, 0.3) is 0 Å². The highest BCUT2D eigenvalue weighted by molar-refractivity contribution is 7.19. The Kier molecular flexibility index (Phi) is 5.96. The van der Waals surface area contributed by atoms with Gasteiger partial charge in [0.05, 0.1) is 39.9 Å². The molecule has 2 aromatic heterocycles. The Labute approximate surface area is 206 Å². The number of anilines is 1. The highest BCUT2D eigenvalue weighted by Crippen LogP contribution is 2.40. The van der Waals surface area contributed by atoms with Crippen LogP contribution in [0.3, 0.4) is 0 Å². The van der Waals surface area contributed by atoms with Crippen molar-refractivity contribution in [2.45, 2.75) is 26.4 Å². The molecule has 0 unspecified atom stereocenters. The van der Waals surface area contributed by atoms with Crippen LogP contribution in [0.5, 0.6) is 0 Å². The number of likely N-dealkylation sites (tertiary alicyclic amines) is 1. The minimum absolute atomic E-state index is 0.0845. The summed E-state index contributed by atoms with van der Waals surface area (Å²) < 4.78 is 0. The molecule has 0 radical (unpaired) electrons. The van der Waals surface area contributed by atoms with E-state index in [1.165, 1.54) is 11.3 Å². The quantitative estimate of drug-likeness (QED) is 0.483. The van der Waals surface area contributed by atoms with Crippen LogP contribution in [-0.4, -0.2) is 51.5 Å². The van der Waals surface area contributed by atoms with Crippen molar-refractivity contribution in [3.8, 4) is 27.8 Å². The number of pyridine rings is 1. The van der Waals surface area contributed by atoms with Crippen LogP contribution < -0.4 is 10.6 Å². The van der Waals surface area contributed by atoms with Gasteiger partial charge in [-0.25, -0.2) is 9.78 Å². The number of carbonyl (C=O) groups excluding carboxylic acids is 2. The number of piperidine rings is 1. The van der Waals surface area contributed by atoms with Crippen molar-refractivity contribution >= 4 is 28.4 Å². The zero-order valence-corrected chi connectivity index (χ0v) is 20.0. The number of amides is 3. The van der Waals surface area contributed by atoms with Crippen molar-refractivity contribution in [3.63, 3.8) is 0 Å². The van der Waals surface area contributed by atoms with E-state index in [9.17, 15) is 20.0 Å². The first-order valence-electron chi connectivity index (χ1n) is 11.4. The lowest BCUT2D eigenvalue weighted by Crippen LogP contribution is -2.63. The van der Waals surface area contributed by atoms with E-state index in [1.807, 2.05) is 19.1 Å². The van der Waals surface area contributed by atoms with Crippen molar-refractivity contribution in [2.75, 3.05) is 25.0 Å². The van der Waals surface area contributed by atoms with Crippen molar-refractivity contribution in [1.82, 2.24) is 20.2 Å². The SMILES string of the molecule is Cc1cc(-c2sc(NC(=O)N3CCC4(CC3)CNC4=O)nc2-c2cccc(C#N)c2)cc(CO)n1. The van der Waals surface area contributed by atoms with E-state index in [0.717, 1.165) is 21.7 Å². The third-order valence-electron chi connectivity index (χ3n) is 6.61. The number of nitrogens with one attached hydrogen (secondary N) is 2. The molecule has 4 heterocycles. The number of aliphatic hydroxyl groups excluding tert-OH is 1. The lowest BCUT2D eigenvalue weighted by molar-refractivity contribution is -0.143. The number of thiazole rings is 1. The third-order valence-corrected chi connectivity index (χ3v) is 7.63. The Morgan fingerprint density at radius 2 is 2.06 bits per heavy atom. The number of aromatic nitrogens is 2. The molecule has 0 saturated carbocycles. The van der Waals surface area contributed by atoms with E-state index >= 15 is 0 Å². The van der Waals surface area contributed by atoms with Gasteiger partial charge < -0.3 is 15.3 Å². The van der Waals surface area contributed by atoms with E-state index in [1.54, 1.807) is 29.2 Å². The molecule has 178 valence electrons. The number of rotatable bonds is 4. The number of benzene rings is 1. The Bertz CT molecular complexity index is 1350. The molecule has 10 heteroatoms. The Balaban J connectivity index is 1.45. The van der Waals surface area contributed by atoms with Crippen LogP contribution in [0.2, 0.25) is 0 Å². The molecule has 0 atom stereocenters. The van der Waals surface area contributed by atoms with E-state index in [-0.39, 0.29) is 24.0 Å². The summed E-state index contributed by atoms with van der Waals surface area (Å²) in [7, 11) is 0. The van der Waals surface area contributed by atoms with Crippen LogP contribution in [0, 0.1) is 23.7 Å². The van der Waals surface area contributed by atoms with Crippen molar-refractivity contribution in [1.29, 1.82) is 5.26 Å². The van der Waals surface area contributed by atoms with Gasteiger partial charge in [-0.3, -0.25) is 15.1 Å². The van der Waals surface area contributed by atoms with Gasteiger partial charge in [0.15, 0.2) is 5.13 Å². The highest BCUT2D eigenvalue weighted by atomic mass is 32.1. The second-order valence-electron chi connectivity index (χ2n) is 8.92. The molecule has 2 fully saturated rings. The van der Waals surface area contributed by atoms with Gasteiger partial charge in [-0.05, 0) is 49.6 Å². The predicted octanol–water partition coefficient (Wildman–Crippen LogP) is 3.29. The molecule has 1 spiro atoms. The van der Waals surface area contributed by atoms with Crippen LogP contribution >= 0.6 is 11.3 Å². The lowest BCUT2D eigenvalue weighted by Gasteiger charge is -2.46. The number of aryl methyl sites for hydroxylation is 1. The number of aliphatic hydroxyl groups is 1. The van der Waals surface area contributed by atoms with Crippen molar-refractivity contribution < 1.29 is 14.7 Å². The van der Waals surface area contributed by atoms with E-state index < -0.39 is 0 Å². The van der Waals surface area contributed by atoms with Gasteiger partial charge in [-0.2, -0.15) is 5.26 Å². The summed E-state index contributed by atoms with van der Waals surface area (Å²) >= 11 is 1.33. The van der Waals surface area contributed by atoms with Crippen molar-refractivity contribution in [3.05, 3.63) is 53.3 Å². The van der Waals surface area contributed by atoms with Crippen LogP contribution in [0.15, 0.2) is 36.4 Å². The van der Waals surface area contributed by atoms with Gasteiger partial charge in [-0.15, -0.1) is 0 Å². The molecule has 35 heavy (non-hydrogen) atoms. The van der Waals surface area contributed by atoms with Gasteiger partial charge in [0.2, 0.25) is 5.91 Å². The molecule has 3 N–H and O–H groups in total. The smallest absolute Gasteiger partial charge is 0.323 e. The van der Waals surface area contributed by atoms with Gasteiger partial charge in [-0.1, -0.05) is 23.5 Å². The van der Waals surface area contributed by atoms with Crippen LogP contribution in [-0.2, 0) is 11.4 Å². The monoisotopic (exact) mass is 488 g/mol. The lowest BCUT2D eigenvalue weighted by atomic mass is 9.72. The van der Waals surface area contributed by atoms with Gasteiger partial charge >= 0.3 is 6.03 Å². The second-order valence-corrected chi connectivity index (χ2v) is 9.92. The predicted molar refractivity (Wildman–Crippen MR) is 131 cm³/mol. The van der Waals surface area contributed by atoms with Crippen LogP contribution in [0.25, 0.3) is 21.7 Å². The minimum Gasteiger partial charge on any atom is -0.390 e. The summed E-state index contributed by atoms with van der Waals surface area (Å²) in [5.74, 6) is 0.0845. The number of carbonyl (C=O) groups is 2. The maximum atomic E-state index is 13.0. The first kappa shape index (κ1) is 23.0. The summed E-state index contributed by atoms with van der Waals surface area (Å²) in [6.45, 7) is 3.37. The maximum absolute atomic E-state index is 13.0. The van der Waals surface area contributed by atoms with E-state index in [4.69, 9.17) is 4.98 Å². The number of hydrogen-bond donors (Lipinski definition) is 3. The molecular weight excluding hydrogens is 464 g/mol. The fourth-order valence-corrected chi connectivity index (χ4v) is 5.54. The normalized spacial score (nSPS) is 16.4. The summed E-state index contributed by atoms with van der Waals surface area (Å²) in [5.41, 5.74) is 3.71. The Morgan fingerprint density at radius 3 is 2.71 bits per heavy atom. The van der Waals surface area contributed by atoms with Crippen LogP contribution in [0.4, 0.5) is 9.93 Å². The number of urea groups is 1. The average Bonchev–Trinajstić information content (AvgIpc) is 3.31. The van der Waals surface area contributed by atoms with E-state index in [2.05, 4.69) is 21.7 Å². The fraction of sp³-hybridized carbons (Fsp3) is 0.320. The first-order chi connectivity index (χ1) is 16.9. The standard InChI is InChI=1S/C25H24N6O3S/c1-15-9-18(11-19(13-32)28-15)21-20(17-4-2-3-16(10-17)12-26)29-23(35-21)30-24(34)31-7-5-25(6-8-31)14-27-22(25)33/h2-4,9-11,32H,5-8,13-14H2,1H3,(H,27,33)(H,29,30,34). The van der Waals surface area contributed by atoms with Gasteiger partial charge in [0.1, 0.15) is 0 Å². The summed E-state index contributed by atoms with van der Waals surface area (Å²) in [6, 6.07) is 12.8. The number of nitriles is 1. The summed E-state index contributed by atoms with van der Waals surface area (Å²) in [5, 5.41) is 25.1. The molecule has 2 aliphatic rings. The number of nitrogens with zero attached hydrogens (tertiary/aromatic N) is 4. The summed E-state index contributed by atoms with van der Waals surface area (Å²) in [4.78, 5) is 36.5. The van der Waals surface area contributed by atoms with Crippen molar-refractivity contribution in [2.24, 2.45) is 5.41 Å². The minimum atomic E-state index is -0.312.